The van der Waals surface area contributed by atoms with Crippen molar-refractivity contribution in [1.82, 2.24) is 9.13 Å². The van der Waals surface area contributed by atoms with Crippen molar-refractivity contribution in [1.29, 1.82) is 0 Å². The van der Waals surface area contributed by atoms with Crippen molar-refractivity contribution in [2.75, 3.05) is 0 Å². The quantitative estimate of drug-likeness (QED) is 0.175. The van der Waals surface area contributed by atoms with E-state index in [0.29, 0.717) is 11.6 Å². The Kier molecular flexibility index (Phi) is 2.32. The number of nitrogens with zero attached hydrogens (tertiary/aromatic N) is 2. The Morgan fingerprint density at radius 2 is 1.00 bits per heavy atom. The van der Waals surface area contributed by atoms with E-state index in [4.69, 9.17) is 32.2 Å². The Bertz CT molecular complexity index is 4030. The summed E-state index contributed by atoms with van der Waals surface area (Å²) in [6.07, 6.45) is 0. The average Bonchev–Trinajstić information content (AvgIpc) is 3.90. The third kappa shape index (κ3) is 3.49. The number of benzene rings is 7. The van der Waals surface area contributed by atoms with Gasteiger partial charge in [-0.05, 0) is 76.4 Å². The normalized spacial score (nSPS) is 20.6. The molecule has 0 atom stereocenters. The molecule has 9 aromatic rings. The van der Waals surface area contributed by atoms with Gasteiger partial charge in [-0.3, -0.25) is 0 Å². The van der Waals surface area contributed by atoms with Gasteiger partial charge in [-0.15, -0.1) is 0 Å². The minimum absolute atomic E-state index is 0.198. The maximum Gasteiger partial charge on any atom is 0.289 e. The van der Waals surface area contributed by atoms with Gasteiger partial charge in [-0.2, -0.15) is 11.6 Å². The van der Waals surface area contributed by atoms with Crippen molar-refractivity contribution in [2.45, 2.75) is 4.90 Å². The fourth-order valence-corrected chi connectivity index (χ4v) is 7.50. The molecule has 0 spiro atoms. The molecule has 2 aromatic heterocycles. The highest BCUT2D eigenvalue weighted by Gasteiger charge is 2.39. The molecule has 7 aromatic carbocycles. The molecule has 3 nitrogen and oxygen atoms in total. The Hall–Kier alpha value is -5.65. The monoisotopic (exact) mass is 641 g/mol. The summed E-state index contributed by atoms with van der Waals surface area (Å²) in [6, 6.07) is -19.5. The van der Waals surface area contributed by atoms with Gasteiger partial charge in [0.25, 0.3) is 5.99 Å². The SMILES string of the molecule is [2H]c1c([2H])c([2H])c2c(c1[2H])Oc1c([2H])c(-n3c4c([2H])c([2H])c([2H])c([2H])c4c4c([2H])c([2H])c([2H])c([2H])c43)c([2H])c3c1B2Sc1c([2H])c([2H])c(-n2c4c([2H])c([2H])c([2H])c([2H])c4c4c([2H])c([2H])c([2H])c([2H])c42)c([2H])c1-3. The van der Waals surface area contributed by atoms with Gasteiger partial charge < -0.3 is 13.9 Å². The lowest BCUT2D eigenvalue weighted by molar-refractivity contribution is 0.487. The molecule has 0 radical (unpaired) electrons. The van der Waals surface area contributed by atoms with Gasteiger partial charge in [0.2, 0.25) is 0 Å². The summed E-state index contributed by atoms with van der Waals surface area (Å²) in [5.74, 6) is -2.46. The highest BCUT2D eigenvalue weighted by Crippen LogP contribution is 2.46. The highest BCUT2D eigenvalue weighted by molar-refractivity contribution is 8.28. The van der Waals surface area contributed by atoms with E-state index in [1.165, 1.54) is 0 Å². The van der Waals surface area contributed by atoms with E-state index in [1.807, 2.05) is 0 Å². The molecular weight excluding hydrogens is 591 g/mol. The molecule has 0 bridgehead atoms. The summed E-state index contributed by atoms with van der Waals surface area (Å²) in [6.45, 7) is 0. The van der Waals surface area contributed by atoms with Crippen LogP contribution in [-0.2, 0) is 0 Å². The Morgan fingerprint density at radius 3 is 1.62 bits per heavy atom. The van der Waals surface area contributed by atoms with Gasteiger partial charge in [0.05, 0.1) is 62.0 Å². The van der Waals surface area contributed by atoms with Crippen molar-refractivity contribution in [3.05, 3.63) is 151 Å². The first kappa shape index (κ1) is 11.6. The third-order valence-electron chi connectivity index (χ3n) is 8.16. The Balaban J connectivity index is 1.39. The van der Waals surface area contributed by atoms with E-state index in [1.54, 1.807) is 0 Å². The number of rotatable bonds is 2. The number of fused-ring (bicyclic) bond motifs is 10. The summed E-state index contributed by atoms with van der Waals surface area (Å²) in [5.41, 5.74) is -4.74. The molecule has 5 heteroatoms. The number of aromatic nitrogens is 2. The van der Waals surface area contributed by atoms with E-state index in [0.717, 1.165) is 9.13 Å². The molecule has 0 aliphatic carbocycles. The van der Waals surface area contributed by atoms with Crippen LogP contribution in [0.25, 0.3) is 66.1 Å². The van der Waals surface area contributed by atoms with Crippen molar-refractivity contribution in [3.63, 3.8) is 0 Å². The predicted molar refractivity (Wildman–Crippen MR) is 198 cm³/mol. The maximum atomic E-state index is 10.2. The minimum atomic E-state index is -1.41. The van der Waals surface area contributed by atoms with Crippen molar-refractivity contribution >= 4 is 72.1 Å². The second kappa shape index (κ2) is 9.44. The number of hydrogen-bond acceptors (Lipinski definition) is 2. The highest BCUT2D eigenvalue weighted by atomic mass is 32.2. The summed E-state index contributed by atoms with van der Waals surface area (Å²) in [7, 11) is 0. The predicted octanol–water partition coefficient (Wildman–Crippen LogP) is 9.86. The minimum Gasteiger partial charge on any atom is -0.458 e. The van der Waals surface area contributed by atoms with Crippen LogP contribution in [0.2, 0.25) is 0 Å². The molecule has 0 fully saturated rings. The van der Waals surface area contributed by atoms with Crippen LogP contribution in [0.5, 0.6) is 11.5 Å². The summed E-state index contributed by atoms with van der Waals surface area (Å²) in [4.78, 5) is -0.287. The molecule has 218 valence electrons. The van der Waals surface area contributed by atoms with Crippen LogP contribution < -0.4 is 15.7 Å². The summed E-state index contributed by atoms with van der Waals surface area (Å²) in [5, 5.41) is -1.70. The van der Waals surface area contributed by atoms with Gasteiger partial charge in [0.1, 0.15) is 11.5 Å². The average molecular weight is 642 g/mol. The second-order valence-electron chi connectivity index (χ2n) is 10.6. The lowest BCUT2D eigenvalue weighted by atomic mass is 9.57. The molecule has 2 aliphatic heterocycles. The first-order chi connectivity index (χ1) is 33.7. The molecule has 0 saturated carbocycles. The third-order valence-corrected chi connectivity index (χ3v) is 9.41. The van der Waals surface area contributed by atoms with Gasteiger partial charge in [-0.25, -0.2) is 0 Å². The molecule has 0 amide bonds. The van der Waals surface area contributed by atoms with Gasteiger partial charge in [-0.1, -0.05) is 90.6 Å². The lowest BCUT2D eigenvalue weighted by Gasteiger charge is -2.33. The maximum absolute atomic E-state index is 10.2. The molecule has 11 rings (SSSR count). The van der Waals surface area contributed by atoms with Crippen LogP contribution in [0.3, 0.4) is 0 Å². The van der Waals surface area contributed by atoms with Crippen molar-refractivity contribution < 1.29 is 39.0 Å². The van der Waals surface area contributed by atoms with Gasteiger partial charge in [0.15, 0.2) is 0 Å². The van der Waals surface area contributed by atoms with Crippen molar-refractivity contribution in [2.24, 2.45) is 0 Å². The molecule has 47 heavy (non-hydrogen) atoms. The molecule has 2 aliphatic rings. The topological polar surface area (TPSA) is 19.1 Å². The zero-order valence-electron chi connectivity index (χ0n) is 48.3. The van der Waals surface area contributed by atoms with E-state index < -0.39 is 235 Å². The molecule has 4 heterocycles. The Labute approximate surface area is 310 Å². The van der Waals surface area contributed by atoms with Gasteiger partial charge in [0, 0.05) is 38.2 Å². The fourth-order valence-electron chi connectivity index (χ4n) is 6.25. The first-order valence-electron chi connectivity index (χ1n) is 26.5. The van der Waals surface area contributed by atoms with Crippen LogP contribution in [0.1, 0.15) is 34.3 Å². The zero-order chi connectivity index (χ0) is 52.4. The molecule has 0 saturated heterocycles. The standard InChI is InChI=1S/C42H25BN2OS/c1-6-16-35-28(11-1)29-12-2-7-17-36(29)44(35)26-21-22-41-32(23-26)33-24-27(25-40-42(33)43(47-41)34-15-5-10-20-39(34)46-40)45-37-18-8-3-13-30(37)31-14-4-9-19-38(31)45/h1-25H/i1D,2D,3D,4D,5D,6D,7D,8D,9D,10D,11D,12D,13D,14D,15D,16D,17D,18D,19D,20D,21D,22D,23D,24D,25D. The van der Waals surface area contributed by atoms with Crippen LogP contribution >= 0.6 is 11.6 Å². The van der Waals surface area contributed by atoms with E-state index >= 15 is 0 Å². The van der Waals surface area contributed by atoms with Crippen LogP contribution in [0.4, 0.5) is 0 Å². The zero-order valence-corrected chi connectivity index (χ0v) is 24.1. The van der Waals surface area contributed by atoms with E-state index in [-0.39, 0.29) is 15.8 Å². The van der Waals surface area contributed by atoms with E-state index in [2.05, 4.69) is 0 Å². The second-order valence-corrected chi connectivity index (χ2v) is 11.7. The van der Waals surface area contributed by atoms with Crippen LogP contribution in [-0.4, -0.2) is 15.1 Å². The number of hydrogen-bond donors (Lipinski definition) is 0. The Morgan fingerprint density at radius 1 is 0.489 bits per heavy atom. The smallest absolute Gasteiger partial charge is 0.289 e. The summed E-state index contributed by atoms with van der Waals surface area (Å²) < 4.78 is 234. The lowest BCUT2D eigenvalue weighted by Crippen LogP contribution is -2.46. The largest absolute Gasteiger partial charge is 0.458 e. The fraction of sp³-hybridized carbons (Fsp3) is 0. The number of para-hydroxylation sites is 5. The summed E-state index contributed by atoms with van der Waals surface area (Å²) >= 11 is 0.693. The molecule has 0 unspecified atom stereocenters. The number of ether oxygens (including phenoxy) is 1. The molecular formula is C42H25BN2OS. The first-order valence-corrected chi connectivity index (χ1v) is 14.9. The molecule has 0 N–H and O–H groups in total. The van der Waals surface area contributed by atoms with Gasteiger partial charge >= 0.3 is 0 Å². The van der Waals surface area contributed by atoms with E-state index in [9.17, 15) is 6.85 Å². The van der Waals surface area contributed by atoms with Crippen molar-refractivity contribution in [3.8, 4) is 34.0 Å². The van der Waals surface area contributed by atoms with Crippen LogP contribution in [0.15, 0.2) is 156 Å². The van der Waals surface area contributed by atoms with Crippen LogP contribution in [0, 0.1) is 0 Å².